The van der Waals surface area contributed by atoms with Gasteiger partial charge in [-0.15, -0.1) is 0 Å². The summed E-state index contributed by atoms with van der Waals surface area (Å²) >= 11 is 0. The summed E-state index contributed by atoms with van der Waals surface area (Å²) in [4.78, 5) is 6.56. The van der Waals surface area contributed by atoms with Crippen molar-refractivity contribution in [2.45, 2.75) is 38.0 Å². The fraction of sp³-hybridized carbons (Fsp3) is 0.526. The van der Waals surface area contributed by atoms with E-state index in [-0.39, 0.29) is 10.9 Å². The van der Waals surface area contributed by atoms with Crippen LogP contribution in [0.3, 0.4) is 0 Å². The second kappa shape index (κ2) is 8.79. The molecule has 2 heterocycles. The molecule has 7 heteroatoms. The van der Waals surface area contributed by atoms with Crippen molar-refractivity contribution in [1.82, 2.24) is 14.5 Å². The number of morpholine rings is 1. The molecule has 0 atom stereocenters. The van der Waals surface area contributed by atoms with Crippen molar-refractivity contribution >= 4 is 9.84 Å². The second-order valence-electron chi connectivity index (χ2n) is 6.56. The Hall–Kier alpha value is -1.70. The standard InChI is InChI=1S/C19H27N3O3S/c1-2-26(23,24)19-20-15-18(16-21-11-13-25-14-12-21)22(19)10-6-9-17-7-4-3-5-8-17/h3-5,7-8,15H,2,6,9-14,16H2,1H3. The van der Waals surface area contributed by atoms with Crippen LogP contribution in [0.15, 0.2) is 41.7 Å². The highest BCUT2D eigenvalue weighted by Crippen LogP contribution is 2.17. The van der Waals surface area contributed by atoms with Gasteiger partial charge in [-0.3, -0.25) is 4.90 Å². The minimum absolute atomic E-state index is 0.0691. The van der Waals surface area contributed by atoms with E-state index in [1.165, 1.54) is 5.56 Å². The van der Waals surface area contributed by atoms with Gasteiger partial charge in [0, 0.05) is 26.2 Å². The van der Waals surface area contributed by atoms with E-state index >= 15 is 0 Å². The lowest BCUT2D eigenvalue weighted by Crippen LogP contribution is -2.36. The SMILES string of the molecule is CCS(=O)(=O)c1ncc(CN2CCOCC2)n1CCCc1ccccc1. The lowest BCUT2D eigenvalue weighted by molar-refractivity contribution is 0.0330. The van der Waals surface area contributed by atoms with Crippen molar-refractivity contribution in [3.8, 4) is 0 Å². The molecule has 6 nitrogen and oxygen atoms in total. The van der Waals surface area contributed by atoms with Crippen molar-refractivity contribution in [2.24, 2.45) is 0 Å². The highest BCUT2D eigenvalue weighted by Gasteiger charge is 2.23. The maximum absolute atomic E-state index is 12.4. The van der Waals surface area contributed by atoms with Gasteiger partial charge < -0.3 is 9.30 Å². The van der Waals surface area contributed by atoms with Crippen molar-refractivity contribution in [1.29, 1.82) is 0 Å². The smallest absolute Gasteiger partial charge is 0.227 e. The van der Waals surface area contributed by atoms with Gasteiger partial charge in [0.1, 0.15) is 0 Å². The lowest BCUT2D eigenvalue weighted by atomic mass is 10.1. The topological polar surface area (TPSA) is 64.4 Å². The summed E-state index contributed by atoms with van der Waals surface area (Å²) in [6.45, 7) is 6.21. The number of imidazole rings is 1. The zero-order valence-electron chi connectivity index (χ0n) is 15.3. The summed E-state index contributed by atoms with van der Waals surface area (Å²) in [5, 5.41) is 0.205. The molecule has 1 saturated heterocycles. The van der Waals surface area contributed by atoms with Gasteiger partial charge in [0.25, 0.3) is 0 Å². The molecule has 1 aromatic carbocycles. The fourth-order valence-corrected chi connectivity index (χ4v) is 4.22. The van der Waals surface area contributed by atoms with Crippen LogP contribution in [-0.4, -0.2) is 54.9 Å². The Bertz CT molecular complexity index is 797. The van der Waals surface area contributed by atoms with Gasteiger partial charge in [-0.25, -0.2) is 13.4 Å². The van der Waals surface area contributed by atoms with Crippen molar-refractivity contribution in [3.63, 3.8) is 0 Å². The third kappa shape index (κ3) is 4.72. The fourth-order valence-electron chi connectivity index (χ4n) is 3.21. The molecule has 0 N–H and O–H groups in total. The van der Waals surface area contributed by atoms with Gasteiger partial charge in [0.05, 0.1) is 30.9 Å². The number of hydrogen-bond acceptors (Lipinski definition) is 5. The van der Waals surface area contributed by atoms with Crippen molar-refractivity contribution in [3.05, 3.63) is 47.8 Å². The Morgan fingerprint density at radius 3 is 2.58 bits per heavy atom. The number of hydrogen-bond donors (Lipinski definition) is 0. The number of ether oxygens (including phenoxy) is 1. The Balaban J connectivity index is 1.76. The lowest BCUT2D eigenvalue weighted by Gasteiger charge is -2.27. The van der Waals surface area contributed by atoms with E-state index < -0.39 is 9.84 Å². The quantitative estimate of drug-likeness (QED) is 0.705. The second-order valence-corrected chi connectivity index (χ2v) is 8.74. The number of rotatable bonds is 8. The molecule has 1 fully saturated rings. The van der Waals surface area contributed by atoms with E-state index in [0.29, 0.717) is 13.1 Å². The molecule has 1 aliphatic rings. The zero-order chi connectivity index (χ0) is 18.4. The summed E-state index contributed by atoms with van der Waals surface area (Å²) in [6, 6.07) is 10.3. The number of nitrogens with zero attached hydrogens (tertiary/aromatic N) is 3. The molecule has 0 aliphatic carbocycles. The Labute approximate surface area is 155 Å². The molecular weight excluding hydrogens is 350 g/mol. The molecule has 0 unspecified atom stereocenters. The third-order valence-corrected chi connectivity index (χ3v) is 6.38. The van der Waals surface area contributed by atoms with Crippen LogP contribution in [0.5, 0.6) is 0 Å². The maximum Gasteiger partial charge on any atom is 0.227 e. The van der Waals surface area contributed by atoms with Gasteiger partial charge in [-0.1, -0.05) is 37.3 Å². The monoisotopic (exact) mass is 377 g/mol. The average molecular weight is 378 g/mol. The molecule has 142 valence electrons. The first kappa shape index (κ1) is 19.1. The van der Waals surface area contributed by atoms with Crippen molar-refractivity contribution < 1.29 is 13.2 Å². The number of aromatic nitrogens is 2. The third-order valence-electron chi connectivity index (χ3n) is 4.74. The van der Waals surface area contributed by atoms with Gasteiger partial charge in [-0.05, 0) is 18.4 Å². The number of sulfone groups is 1. The van der Waals surface area contributed by atoms with Gasteiger partial charge >= 0.3 is 0 Å². The summed E-state index contributed by atoms with van der Waals surface area (Å²) < 4.78 is 32.2. The maximum atomic E-state index is 12.4. The number of benzene rings is 1. The highest BCUT2D eigenvalue weighted by atomic mass is 32.2. The largest absolute Gasteiger partial charge is 0.379 e. The van der Waals surface area contributed by atoms with E-state index in [1.807, 2.05) is 22.8 Å². The van der Waals surface area contributed by atoms with E-state index in [2.05, 4.69) is 22.0 Å². The van der Waals surface area contributed by atoms with Crippen LogP contribution in [0.2, 0.25) is 0 Å². The zero-order valence-corrected chi connectivity index (χ0v) is 16.1. The van der Waals surface area contributed by atoms with E-state index in [4.69, 9.17) is 4.74 Å². The summed E-state index contributed by atoms with van der Waals surface area (Å²) in [5.74, 6) is 0.0691. The Morgan fingerprint density at radius 2 is 1.88 bits per heavy atom. The summed E-state index contributed by atoms with van der Waals surface area (Å²) in [5.41, 5.74) is 2.23. The average Bonchev–Trinajstić information content (AvgIpc) is 3.07. The van der Waals surface area contributed by atoms with Crippen LogP contribution in [-0.2, 0) is 34.1 Å². The molecule has 1 aliphatic heterocycles. The Kier molecular flexibility index (Phi) is 6.45. The molecule has 0 saturated carbocycles. The number of aryl methyl sites for hydroxylation is 1. The highest BCUT2D eigenvalue weighted by molar-refractivity contribution is 7.91. The predicted octanol–water partition coefficient (Wildman–Crippen LogP) is 2.14. The molecule has 0 amide bonds. The van der Waals surface area contributed by atoms with Crippen molar-refractivity contribution in [2.75, 3.05) is 32.1 Å². The first-order valence-electron chi connectivity index (χ1n) is 9.21. The normalized spacial score (nSPS) is 16.0. The predicted molar refractivity (Wildman–Crippen MR) is 101 cm³/mol. The summed E-state index contributed by atoms with van der Waals surface area (Å²) in [6.07, 6.45) is 3.52. The molecular formula is C19H27N3O3S. The van der Waals surface area contributed by atoms with E-state index in [0.717, 1.165) is 44.8 Å². The summed E-state index contributed by atoms with van der Waals surface area (Å²) in [7, 11) is -3.34. The van der Waals surface area contributed by atoms with Crippen LogP contribution in [0, 0.1) is 0 Å². The van der Waals surface area contributed by atoms with Crippen LogP contribution < -0.4 is 0 Å². The van der Waals surface area contributed by atoms with Crippen LogP contribution in [0.25, 0.3) is 0 Å². The van der Waals surface area contributed by atoms with Gasteiger partial charge in [0.15, 0.2) is 0 Å². The van der Waals surface area contributed by atoms with E-state index in [9.17, 15) is 8.42 Å². The van der Waals surface area contributed by atoms with Crippen LogP contribution in [0.4, 0.5) is 0 Å². The van der Waals surface area contributed by atoms with Crippen LogP contribution >= 0.6 is 0 Å². The van der Waals surface area contributed by atoms with Crippen LogP contribution in [0.1, 0.15) is 24.6 Å². The first-order chi connectivity index (χ1) is 12.6. The molecule has 0 radical (unpaired) electrons. The van der Waals surface area contributed by atoms with Gasteiger partial charge in [0.2, 0.25) is 15.0 Å². The molecule has 3 rings (SSSR count). The van der Waals surface area contributed by atoms with E-state index in [1.54, 1.807) is 13.1 Å². The molecule has 2 aromatic rings. The molecule has 0 bridgehead atoms. The Morgan fingerprint density at radius 1 is 1.15 bits per heavy atom. The molecule has 1 aromatic heterocycles. The minimum atomic E-state index is -3.34. The first-order valence-corrected chi connectivity index (χ1v) is 10.9. The molecule has 26 heavy (non-hydrogen) atoms. The van der Waals surface area contributed by atoms with Gasteiger partial charge in [-0.2, -0.15) is 0 Å². The molecule has 0 spiro atoms. The minimum Gasteiger partial charge on any atom is -0.379 e.